The summed E-state index contributed by atoms with van der Waals surface area (Å²) in [5.74, 6) is 0.269. The van der Waals surface area contributed by atoms with Gasteiger partial charge in [-0.15, -0.1) is 11.8 Å². The fourth-order valence-electron chi connectivity index (χ4n) is 1.91. The van der Waals surface area contributed by atoms with Crippen molar-refractivity contribution in [3.05, 3.63) is 53.6 Å². The van der Waals surface area contributed by atoms with Crippen LogP contribution in [0.5, 0.6) is 5.88 Å². The highest BCUT2D eigenvalue weighted by molar-refractivity contribution is 7.98. The monoisotopic (exact) mass is 289 g/mol. The second kappa shape index (κ2) is 5.13. The van der Waals surface area contributed by atoms with Crippen molar-refractivity contribution in [2.75, 3.05) is 0 Å². The third-order valence-corrected chi connectivity index (χ3v) is 3.88. The second-order valence-electron chi connectivity index (χ2n) is 4.38. The van der Waals surface area contributed by atoms with E-state index in [1.807, 2.05) is 6.92 Å². The van der Waals surface area contributed by atoms with Crippen molar-refractivity contribution >= 4 is 17.4 Å². The van der Waals surface area contributed by atoms with Crippen molar-refractivity contribution in [1.82, 2.24) is 14.6 Å². The van der Waals surface area contributed by atoms with Crippen LogP contribution in [0.15, 0.2) is 41.3 Å². The average Bonchev–Trinajstić information content (AvgIpc) is 2.79. The SMILES string of the molecule is Cc1cc2nc(CSc3ccccc3F)cc(O)n2n1. The molecule has 20 heavy (non-hydrogen) atoms. The molecule has 0 saturated carbocycles. The Morgan fingerprint density at radius 1 is 1.30 bits per heavy atom. The van der Waals surface area contributed by atoms with Gasteiger partial charge in [0, 0.05) is 22.8 Å². The molecule has 2 aromatic heterocycles. The van der Waals surface area contributed by atoms with Crippen LogP contribution in [0.2, 0.25) is 0 Å². The number of nitrogens with zero attached hydrogens (tertiary/aromatic N) is 3. The van der Waals surface area contributed by atoms with Gasteiger partial charge in [-0.05, 0) is 19.1 Å². The first kappa shape index (κ1) is 12.9. The molecular weight excluding hydrogens is 277 g/mol. The molecule has 0 saturated heterocycles. The van der Waals surface area contributed by atoms with E-state index in [1.54, 1.807) is 30.3 Å². The minimum absolute atomic E-state index is 0.0345. The molecule has 0 radical (unpaired) electrons. The number of thioether (sulfide) groups is 1. The maximum atomic E-state index is 13.5. The highest BCUT2D eigenvalue weighted by atomic mass is 32.2. The summed E-state index contributed by atoms with van der Waals surface area (Å²) in [4.78, 5) is 4.97. The molecule has 0 spiro atoms. The molecule has 4 nitrogen and oxygen atoms in total. The summed E-state index contributed by atoms with van der Waals surface area (Å²) in [6.07, 6.45) is 0. The Morgan fingerprint density at radius 3 is 2.90 bits per heavy atom. The molecule has 3 aromatic rings. The van der Waals surface area contributed by atoms with Crippen molar-refractivity contribution in [2.45, 2.75) is 17.6 Å². The van der Waals surface area contributed by atoms with Crippen molar-refractivity contribution in [3.63, 3.8) is 0 Å². The van der Waals surface area contributed by atoms with Gasteiger partial charge in [0.25, 0.3) is 0 Å². The molecule has 0 aliphatic rings. The fraction of sp³-hybridized carbons (Fsp3) is 0.143. The van der Waals surface area contributed by atoms with Gasteiger partial charge < -0.3 is 5.11 Å². The Labute approximate surface area is 119 Å². The van der Waals surface area contributed by atoms with E-state index in [4.69, 9.17) is 0 Å². The van der Waals surface area contributed by atoms with E-state index in [1.165, 1.54) is 22.3 Å². The lowest BCUT2D eigenvalue weighted by Crippen LogP contribution is -1.95. The Hall–Kier alpha value is -2.08. The predicted molar refractivity (Wildman–Crippen MR) is 75.3 cm³/mol. The van der Waals surface area contributed by atoms with Gasteiger partial charge in [-0.2, -0.15) is 9.61 Å². The number of fused-ring (bicyclic) bond motifs is 1. The van der Waals surface area contributed by atoms with E-state index >= 15 is 0 Å². The Bertz CT molecular complexity index is 772. The molecule has 1 aromatic carbocycles. The van der Waals surface area contributed by atoms with Crippen molar-refractivity contribution in [2.24, 2.45) is 0 Å². The smallest absolute Gasteiger partial charge is 0.215 e. The maximum Gasteiger partial charge on any atom is 0.215 e. The van der Waals surface area contributed by atoms with E-state index < -0.39 is 0 Å². The Kier molecular flexibility index (Phi) is 3.31. The van der Waals surface area contributed by atoms with Crippen LogP contribution >= 0.6 is 11.8 Å². The third kappa shape index (κ3) is 2.46. The number of halogens is 1. The highest BCUT2D eigenvalue weighted by Gasteiger charge is 2.08. The molecule has 1 N–H and O–H groups in total. The highest BCUT2D eigenvalue weighted by Crippen LogP contribution is 2.26. The lowest BCUT2D eigenvalue weighted by Gasteiger charge is -2.04. The number of hydrogen-bond acceptors (Lipinski definition) is 4. The van der Waals surface area contributed by atoms with Crippen LogP contribution in [-0.2, 0) is 5.75 Å². The lowest BCUT2D eigenvalue weighted by molar-refractivity contribution is 0.434. The van der Waals surface area contributed by atoms with Crippen LogP contribution in [-0.4, -0.2) is 19.7 Å². The van der Waals surface area contributed by atoms with Crippen LogP contribution in [0.3, 0.4) is 0 Å². The molecule has 2 heterocycles. The van der Waals surface area contributed by atoms with E-state index in [-0.39, 0.29) is 11.7 Å². The zero-order valence-electron chi connectivity index (χ0n) is 10.7. The fourth-order valence-corrected chi connectivity index (χ4v) is 2.74. The molecule has 0 atom stereocenters. The summed E-state index contributed by atoms with van der Waals surface area (Å²) in [6.45, 7) is 1.84. The van der Waals surface area contributed by atoms with Crippen molar-refractivity contribution in [1.29, 1.82) is 0 Å². The predicted octanol–water partition coefficient (Wildman–Crippen LogP) is 3.17. The molecule has 0 unspecified atom stereocenters. The third-order valence-electron chi connectivity index (χ3n) is 2.80. The van der Waals surface area contributed by atoms with Crippen LogP contribution < -0.4 is 0 Å². The quantitative estimate of drug-likeness (QED) is 0.752. The van der Waals surface area contributed by atoms with Gasteiger partial charge in [-0.3, -0.25) is 0 Å². The molecule has 0 fully saturated rings. The summed E-state index contributed by atoms with van der Waals surface area (Å²) in [5.41, 5.74) is 2.06. The average molecular weight is 289 g/mol. The number of aromatic nitrogens is 3. The Morgan fingerprint density at radius 2 is 2.10 bits per heavy atom. The maximum absolute atomic E-state index is 13.5. The molecule has 0 aliphatic heterocycles. The summed E-state index contributed by atoms with van der Waals surface area (Å²) in [7, 11) is 0. The molecule has 3 rings (SSSR count). The molecule has 0 bridgehead atoms. The topological polar surface area (TPSA) is 50.4 Å². The van der Waals surface area contributed by atoms with Gasteiger partial charge in [0.05, 0.1) is 11.4 Å². The summed E-state index contributed by atoms with van der Waals surface area (Å²) >= 11 is 1.35. The molecular formula is C14H12FN3OS. The number of hydrogen-bond donors (Lipinski definition) is 1. The standard InChI is InChI=1S/C14H12FN3OS/c1-9-6-13-16-10(7-14(19)18(13)17-9)8-20-12-5-3-2-4-11(12)15/h2-7,19H,8H2,1H3. The van der Waals surface area contributed by atoms with Crippen LogP contribution in [0.1, 0.15) is 11.4 Å². The van der Waals surface area contributed by atoms with Crippen LogP contribution in [0, 0.1) is 12.7 Å². The van der Waals surface area contributed by atoms with Crippen molar-refractivity contribution in [3.8, 4) is 5.88 Å². The normalized spacial score (nSPS) is 11.1. The summed E-state index contributed by atoms with van der Waals surface area (Å²) < 4.78 is 14.9. The summed E-state index contributed by atoms with van der Waals surface area (Å²) in [6, 6.07) is 9.94. The number of rotatable bonds is 3. The first-order chi connectivity index (χ1) is 9.63. The molecule has 6 heteroatoms. The van der Waals surface area contributed by atoms with Gasteiger partial charge in [0.1, 0.15) is 5.82 Å². The van der Waals surface area contributed by atoms with Gasteiger partial charge in [0.15, 0.2) is 5.65 Å². The zero-order chi connectivity index (χ0) is 14.1. The first-order valence-electron chi connectivity index (χ1n) is 6.06. The minimum Gasteiger partial charge on any atom is -0.493 e. The van der Waals surface area contributed by atoms with E-state index in [0.717, 1.165) is 5.69 Å². The lowest BCUT2D eigenvalue weighted by atomic mass is 10.3. The van der Waals surface area contributed by atoms with E-state index in [0.29, 0.717) is 22.0 Å². The van der Waals surface area contributed by atoms with E-state index in [9.17, 15) is 9.50 Å². The minimum atomic E-state index is -0.247. The van der Waals surface area contributed by atoms with Gasteiger partial charge in [-0.25, -0.2) is 9.37 Å². The van der Waals surface area contributed by atoms with Crippen LogP contribution in [0.4, 0.5) is 4.39 Å². The molecule has 0 amide bonds. The number of benzene rings is 1. The van der Waals surface area contributed by atoms with E-state index in [2.05, 4.69) is 10.1 Å². The van der Waals surface area contributed by atoms with Crippen molar-refractivity contribution < 1.29 is 9.50 Å². The molecule has 0 aliphatic carbocycles. The van der Waals surface area contributed by atoms with Gasteiger partial charge in [-0.1, -0.05) is 12.1 Å². The summed E-state index contributed by atoms with van der Waals surface area (Å²) in [5, 5.41) is 14.0. The zero-order valence-corrected chi connectivity index (χ0v) is 11.6. The molecule has 102 valence electrons. The van der Waals surface area contributed by atoms with Gasteiger partial charge >= 0.3 is 0 Å². The van der Waals surface area contributed by atoms with Crippen LogP contribution in [0.25, 0.3) is 5.65 Å². The largest absolute Gasteiger partial charge is 0.493 e. The van der Waals surface area contributed by atoms with Gasteiger partial charge in [0.2, 0.25) is 5.88 Å². The first-order valence-corrected chi connectivity index (χ1v) is 7.04. The Balaban J connectivity index is 1.86. The second-order valence-corrected chi connectivity index (χ2v) is 5.40. The number of aryl methyl sites for hydroxylation is 1. The number of aromatic hydroxyl groups is 1.